The lowest BCUT2D eigenvalue weighted by molar-refractivity contribution is -0.153. The second-order valence-corrected chi connectivity index (χ2v) is 17.6. The molecule has 12 bridgehead atoms. The average molecular weight is 1080 g/mol. The number of carbonyl (C=O) groups is 4. The standard InChI is InChI=1S/C48H28O30/c49-9-2-6-13(27(56)25(9)54)15-20-17-18-21(48(72)76-39(17)36(65)30(15)59)16(31(60)37(66)40(18)75-47(20)71)14-7(3-10(50)26(55)28(14)57)44(68)74-38(11(51)4-73-43(6)67)42-41-33(62)22-19(46(70)77-41)12(29(58)35(64)32(22)61)5-1-8(45(69)78-42)24(53)34(63)23(5)52/h1-3,11,33,38,41-42,49-66H,4H2/t11-,33+,38+,41-,42+/m1/s1. The van der Waals surface area contributed by atoms with Crippen molar-refractivity contribution in [3.63, 3.8) is 0 Å². The van der Waals surface area contributed by atoms with Crippen LogP contribution >= 0.6 is 0 Å². The van der Waals surface area contributed by atoms with E-state index in [1.54, 1.807) is 0 Å². The number of hydrogen-bond donors (Lipinski definition) is 18. The molecule has 78 heavy (non-hydrogen) atoms. The van der Waals surface area contributed by atoms with Gasteiger partial charge in [-0.15, -0.1) is 0 Å². The number of esters is 4. The molecule has 0 radical (unpaired) electrons. The Balaban J connectivity index is 1.24. The van der Waals surface area contributed by atoms with Crippen molar-refractivity contribution in [1.82, 2.24) is 0 Å². The number of fused-ring (bicyclic) bond motifs is 7. The fourth-order valence-corrected chi connectivity index (χ4v) is 9.92. The van der Waals surface area contributed by atoms with Crippen molar-refractivity contribution in [2.45, 2.75) is 30.5 Å². The fraction of sp³-hybridized carbons (Fsp3) is 0.125. The van der Waals surface area contributed by atoms with Crippen molar-refractivity contribution in [2.24, 2.45) is 0 Å². The lowest BCUT2D eigenvalue weighted by Gasteiger charge is -2.39. The number of phenolic OH excluding ortho intramolecular Hbond substituents is 16. The zero-order chi connectivity index (χ0) is 56.5. The normalized spacial score (nSPS) is 19.1. The monoisotopic (exact) mass is 1080 g/mol. The maximum absolute atomic E-state index is 15.0. The quantitative estimate of drug-likeness (QED) is 0.0365. The Morgan fingerprint density at radius 2 is 0.769 bits per heavy atom. The van der Waals surface area contributed by atoms with Gasteiger partial charge in [0.25, 0.3) is 0 Å². The molecule has 18 N–H and O–H groups in total. The SMILES string of the molecule is O=C1O[C@@H]([C@H]2OC(=O)c3cc(O)c(O)c(O)c3-c3c(O)c(O)c4oc(=O)c5c(c(O)c(O)c6oc(=O)c3c4c65)-c3c(cc(O)c(O)c3O)C(=O)OC[C@H]2O)[C@@H]2OC(=O)c3c(c(O)c(O)c(O)c3[C@@H]2O)-c2cc1c(O)c(O)c2O. The number of cyclic esters (lactones) is 2. The molecule has 0 amide bonds. The Morgan fingerprint density at radius 3 is 1.29 bits per heavy atom. The summed E-state index contributed by atoms with van der Waals surface area (Å²) in [5, 5.41) is 199. The van der Waals surface area contributed by atoms with Gasteiger partial charge in [-0.2, -0.15) is 0 Å². The highest BCUT2D eigenvalue weighted by atomic mass is 16.6. The van der Waals surface area contributed by atoms with Gasteiger partial charge in [-0.25, -0.2) is 28.8 Å². The van der Waals surface area contributed by atoms with Gasteiger partial charge in [0.1, 0.15) is 24.4 Å². The lowest BCUT2D eigenvalue weighted by Crippen LogP contribution is -2.55. The van der Waals surface area contributed by atoms with Crippen LogP contribution in [-0.2, 0) is 18.9 Å². The summed E-state index contributed by atoms with van der Waals surface area (Å²) in [6.45, 7) is -1.69. The van der Waals surface area contributed by atoms with Crippen molar-refractivity contribution in [3.05, 3.63) is 66.9 Å². The molecule has 0 saturated carbocycles. The summed E-state index contributed by atoms with van der Waals surface area (Å²) in [4.78, 5) is 86.2. The van der Waals surface area contributed by atoms with Crippen molar-refractivity contribution in [3.8, 4) is 125 Å². The number of ether oxygens (including phenoxy) is 4. The molecule has 12 rings (SSSR count). The second kappa shape index (κ2) is 16.2. The van der Waals surface area contributed by atoms with Gasteiger partial charge in [0.05, 0.1) is 27.5 Å². The van der Waals surface area contributed by atoms with Crippen molar-refractivity contribution in [1.29, 1.82) is 0 Å². The minimum absolute atomic E-state index is 0.226. The van der Waals surface area contributed by atoms with Crippen LogP contribution in [0.15, 0.2) is 36.6 Å². The number of carbonyl (C=O) groups excluding carboxylic acids is 4. The maximum atomic E-state index is 15.0. The third kappa shape index (κ3) is 6.24. The smallest absolute Gasteiger partial charge is 0.345 e. The molecule has 0 aliphatic carbocycles. The molecule has 4 aliphatic heterocycles. The van der Waals surface area contributed by atoms with Crippen molar-refractivity contribution >= 4 is 56.6 Å². The highest BCUT2D eigenvalue weighted by Crippen LogP contribution is 2.60. The first kappa shape index (κ1) is 49.1. The van der Waals surface area contributed by atoms with Gasteiger partial charge in [0.15, 0.2) is 87.0 Å². The Kier molecular flexibility index (Phi) is 10.2. The van der Waals surface area contributed by atoms with E-state index in [-0.39, 0.29) is 6.07 Å². The predicted octanol–water partition coefficient (Wildman–Crippen LogP) is 1.65. The van der Waals surface area contributed by atoms with E-state index in [4.69, 9.17) is 27.8 Å². The van der Waals surface area contributed by atoms with Gasteiger partial charge in [-0.1, -0.05) is 0 Å². The van der Waals surface area contributed by atoms with E-state index >= 15 is 0 Å². The summed E-state index contributed by atoms with van der Waals surface area (Å²) in [7, 11) is 0. The molecule has 0 spiro atoms. The van der Waals surface area contributed by atoms with Gasteiger partial charge in [0, 0.05) is 49.7 Å². The summed E-state index contributed by atoms with van der Waals surface area (Å²) >= 11 is 0. The van der Waals surface area contributed by atoms with Gasteiger partial charge >= 0.3 is 35.1 Å². The average Bonchev–Trinajstić information content (AvgIpc) is 3.12. The van der Waals surface area contributed by atoms with Crippen LogP contribution < -0.4 is 11.3 Å². The molecule has 0 fully saturated rings. The topological polar surface area (TPSA) is 530 Å². The van der Waals surface area contributed by atoms with Crippen LogP contribution in [0.4, 0.5) is 0 Å². The van der Waals surface area contributed by atoms with Gasteiger partial charge < -0.3 is 120 Å². The largest absolute Gasteiger partial charge is 0.504 e. The number of benzene rings is 6. The zero-order valence-electron chi connectivity index (χ0n) is 37.8. The molecule has 4 aliphatic rings. The Morgan fingerprint density at radius 1 is 0.346 bits per heavy atom. The van der Waals surface area contributed by atoms with Gasteiger partial charge in [-0.3, -0.25) is 0 Å². The zero-order valence-corrected chi connectivity index (χ0v) is 37.8. The Bertz CT molecular complexity index is 4280. The molecular weight excluding hydrogens is 1060 g/mol. The van der Waals surface area contributed by atoms with Crippen LogP contribution in [0.2, 0.25) is 0 Å². The maximum Gasteiger partial charge on any atom is 0.345 e. The van der Waals surface area contributed by atoms with E-state index in [1.807, 2.05) is 0 Å². The molecular formula is C48H28O30. The summed E-state index contributed by atoms with van der Waals surface area (Å²) in [5.74, 6) is -32.6. The number of rotatable bonds is 1. The minimum atomic E-state index is -2.99. The van der Waals surface area contributed by atoms with Crippen LogP contribution in [0.25, 0.3) is 66.1 Å². The molecule has 30 nitrogen and oxygen atoms in total. The summed E-state index contributed by atoms with van der Waals surface area (Å²) in [6.07, 6.45) is -14.3. The van der Waals surface area contributed by atoms with E-state index in [9.17, 15) is 121 Å². The van der Waals surface area contributed by atoms with Gasteiger partial charge in [0.2, 0.25) is 34.5 Å². The fourth-order valence-electron chi connectivity index (χ4n) is 9.92. The predicted molar refractivity (Wildman–Crippen MR) is 245 cm³/mol. The van der Waals surface area contributed by atoms with E-state index < -0.39 is 258 Å². The molecule has 0 unspecified atom stereocenters. The molecule has 8 aromatic rings. The summed E-state index contributed by atoms with van der Waals surface area (Å²) < 4.78 is 32.4. The van der Waals surface area contributed by atoms with E-state index in [1.165, 1.54) is 0 Å². The molecule has 5 atom stereocenters. The number of hydrogen-bond acceptors (Lipinski definition) is 30. The first-order valence-corrected chi connectivity index (χ1v) is 21.7. The van der Waals surface area contributed by atoms with E-state index in [2.05, 4.69) is 0 Å². The molecule has 6 heterocycles. The molecule has 0 saturated heterocycles. The third-order valence-electron chi connectivity index (χ3n) is 13.5. The van der Waals surface area contributed by atoms with E-state index in [0.29, 0.717) is 12.1 Å². The lowest BCUT2D eigenvalue weighted by atomic mass is 9.84. The number of phenols is 16. The summed E-state index contributed by atoms with van der Waals surface area (Å²) in [6, 6.07) is 0.957. The Hall–Kier alpha value is -11.1. The van der Waals surface area contributed by atoms with Crippen LogP contribution in [0.5, 0.6) is 92.0 Å². The van der Waals surface area contributed by atoms with Crippen LogP contribution in [0.1, 0.15) is 53.1 Å². The minimum Gasteiger partial charge on any atom is -0.504 e. The van der Waals surface area contributed by atoms with E-state index in [0.717, 1.165) is 0 Å². The van der Waals surface area contributed by atoms with Crippen molar-refractivity contribution in [2.75, 3.05) is 6.61 Å². The molecule has 30 heteroatoms. The highest BCUT2D eigenvalue weighted by molar-refractivity contribution is 6.29. The van der Waals surface area contributed by atoms with Crippen LogP contribution in [-0.4, -0.2) is 147 Å². The first-order chi connectivity index (χ1) is 36.7. The van der Waals surface area contributed by atoms with Crippen LogP contribution in [0, 0.1) is 0 Å². The number of aliphatic hydroxyl groups is 2. The van der Waals surface area contributed by atoms with Gasteiger partial charge in [-0.05, 0) is 18.2 Å². The second-order valence-electron chi connectivity index (χ2n) is 17.6. The molecule has 6 aromatic carbocycles. The first-order valence-electron chi connectivity index (χ1n) is 21.7. The number of aliphatic hydroxyl groups excluding tert-OH is 2. The van der Waals surface area contributed by atoms with Crippen LogP contribution in [0.3, 0.4) is 0 Å². The Labute approximate surface area is 424 Å². The molecule has 2 aromatic heterocycles. The molecule has 400 valence electrons. The number of aromatic hydroxyl groups is 16. The summed E-state index contributed by atoms with van der Waals surface area (Å²) in [5.41, 5.74) is -19.4. The third-order valence-corrected chi connectivity index (χ3v) is 13.5. The van der Waals surface area contributed by atoms with Crippen molar-refractivity contribution < 1.29 is 139 Å². The highest BCUT2D eigenvalue weighted by Gasteiger charge is 2.53.